The summed E-state index contributed by atoms with van der Waals surface area (Å²) in [6, 6.07) is 7.05. The maximum atomic E-state index is 11.9. The number of benzene rings is 1. The molecule has 0 radical (unpaired) electrons. The summed E-state index contributed by atoms with van der Waals surface area (Å²) in [7, 11) is 1.59. The van der Waals surface area contributed by atoms with Gasteiger partial charge in [-0.2, -0.15) is 5.10 Å². The molecule has 2 aromatic rings. The van der Waals surface area contributed by atoms with E-state index in [1.165, 1.54) is 0 Å². The van der Waals surface area contributed by atoms with Crippen molar-refractivity contribution in [2.75, 3.05) is 7.11 Å². The fourth-order valence-corrected chi connectivity index (χ4v) is 2.01. The van der Waals surface area contributed by atoms with Gasteiger partial charge in [-0.05, 0) is 40.2 Å². The van der Waals surface area contributed by atoms with Crippen molar-refractivity contribution >= 4 is 21.7 Å². The Kier molecular flexibility index (Phi) is 3.58. The lowest BCUT2D eigenvalue weighted by Gasteiger charge is -2.06. The third kappa shape index (κ3) is 2.74. The fraction of sp³-hybridized carbons (Fsp3) is 0.167. The average Bonchev–Trinajstić information content (AvgIpc) is 2.81. The van der Waals surface area contributed by atoms with Crippen molar-refractivity contribution in [1.82, 2.24) is 9.78 Å². The van der Waals surface area contributed by atoms with Gasteiger partial charge in [0, 0.05) is 18.0 Å². The van der Waals surface area contributed by atoms with E-state index in [9.17, 15) is 4.79 Å². The van der Waals surface area contributed by atoms with Gasteiger partial charge < -0.3 is 4.74 Å². The first-order chi connectivity index (χ1) is 8.20. The van der Waals surface area contributed by atoms with Crippen LogP contribution in [0.2, 0.25) is 0 Å². The molecule has 88 valence electrons. The second kappa shape index (κ2) is 5.14. The van der Waals surface area contributed by atoms with Gasteiger partial charge in [0.25, 0.3) is 0 Å². The molecule has 17 heavy (non-hydrogen) atoms. The van der Waals surface area contributed by atoms with Crippen LogP contribution in [0, 0.1) is 0 Å². The second-order valence-corrected chi connectivity index (χ2v) is 4.33. The smallest absolute Gasteiger partial charge is 0.184 e. The molecule has 0 bridgehead atoms. The highest BCUT2D eigenvalue weighted by molar-refractivity contribution is 9.10. The Bertz CT molecular complexity index is 523. The van der Waals surface area contributed by atoms with Crippen molar-refractivity contribution in [3.63, 3.8) is 0 Å². The van der Waals surface area contributed by atoms with Crippen molar-refractivity contribution < 1.29 is 9.53 Å². The minimum Gasteiger partial charge on any atom is -0.496 e. The molecule has 0 N–H and O–H groups in total. The summed E-state index contributed by atoms with van der Waals surface area (Å²) >= 11 is 3.35. The quantitative estimate of drug-likeness (QED) is 0.814. The lowest BCUT2D eigenvalue weighted by Crippen LogP contribution is -2.10. The average molecular weight is 295 g/mol. The van der Waals surface area contributed by atoms with E-state index in [-0.39, 0.29) is 12.3 Å². The summed E-state index contributed by atoms with van der Waals surface area (Å²) in [5, 5.41) is 4.00. The topological polar surface area (TPSA) is 44.1 Å². The lowest BCUT2D eigenvalue weighted by molar-refractivity contribution is 0.0967. The predicted octanol–water partition coefficient (Wildman–Crippen LogP) is 2.54. The Morgan fingerprint density at radius 1 is 1.53 bits per heavy atom. The molecule has 5 heteroatoms. The van der Waals surface area contributed by atoms with E-state index in [1.54, 1.807) is 48.5 Å². The van der Waals surface area contributed by atoms with Gasteiger partial charge in [-0.25, -0.2) is 0 Å². The van der Waals surface area contributed by atoms with Gasteiger partial charge in [0.15, 0.2) is 5.78 Å². The molecule has 2 rings (SSSR count). The van der Waals surface area contributed by atoms with Crippen molar-refractivity contribution in [2.45, 2.75) is 6.54 Å². The molecule has 4 nitrogen and oxygen atoms in total. The number of hydrogen-bond acceptors (Lipinski definition) is 3. The highest BCUT2D eigenvalue weighted by atomic mass is 79.9. The van der Waals surface area contributed by atoms with Crippen LogP contribution in [-0.2, 0) is 6.54 Å². The molecule has 0 aliphatic rings. The van der Waals surface area contributed by atoms with Gasteiger partial charge in [0.05, 0.1) is 11.6 Å². The molecule has 0 amide bonds. The van der Waals surface area contributed by atoms with Crippen LogP contribution in [0.5, 0.6) is 5.75 Å². The van der Waals surface area contributed by atoms with Crippen LogP contribution in [0.4, 0.5) is 0 Å². The molecule has 1 heterocycles. The van der Waals surface area contributed by atoms with Gasteiger partial charge in [0.1, 0.15) is 12.3 Å². The number of ketones is 1. The van der Waals surface area contributed by atoms with Crippen LogP contribution in [0.15, 0.2) is 41.1 Å². The third-order valence-corrected chi connectivity index (χ3v) is 2.96. The van der Waals surface area contributed by atoms with Gasteiger partial charge in [-0.1, -0.05) is 0 Å². The maximum absolute atomic E-state index is 11.9. The van der Waals surface area contributed by atoms with E-state index in [1.807, 2.05) is 0 Å². The summed E-state index contributed by atoms with van der Waals surface area (Å²) in [5.74, 6) is 0.720. The Labute approximate surface area is 107 Å². The number of nitrogens with zero attached hydrogens (tertiary/aromatic N) is 2. The zero-order valence-electron chi connectivity index (χ0n) is 9.26. The van der Waals surface area contributed by atoms with Crippen LogP contribution in [-0.4, -0.2) is 22.7 Å². The molecule has 0 unspecified atom stereocenters. The third-order valence-electron chi connectivity index (χ3n) is 2.34. The highest BCUT2D eigenvalue weighted by Gasteiger charge is 2.09. The van der Waals surface area contributed by atoms with Crippen LogP contribution < -0.4 is 4.74 Å². The molecule has 1 aromatic carbocycles. The van der Waals surface area contributed by atoms with Crippen LogP contribution in [0.1, 0.15) is 10.4 Å². The number of methoxy groups -OCH3 is 1. The molecule has 0 aliphatic heterocycles. The number of rotatable bonds is 4. The molecule has 0 saturated carbocycles. The van der Waals surface area contributed by atoms with E-state index >= 15 is 0 Å². The largest absolute Gasteiger partial charge is 0.496 e. The van der Waals surface area contributed by atoms with E-state index in [0.717, 1.165) is 4.47 Å². The zero-order valence-corrected chi connectivity index (χ0v) is 10.8. The number of Topliss-reactive ketones (excluding diaryl/α,β-unsaturated/α-hetero) is 1. The number of halogens is 1. The zero-order chi connectivity index (χ0) is 12.3. The first kappa shape index (κ1) is 11.9. The summed E-state index contributed by atoms with van der Waals surface area (Å²) in [5.41, 5.74) is 0.633. The van der Waals surface area contributed by atoms with Crippen molar-refractivity contribution in [2.24, 2.45) is 0 Å². The number of hydrogen-bond donors (Lipinski definition) is 0. The van der Waals surface area contributed by atoms with Gasteiger partial charge >= 0.3 is 0 Å². The molecule has 0 fully saturated rings. The van der Waals surface area contributed by atoms with Crippen molar-refractivity contribution in [1.29, 1.82) is 0 Å². The van der Waals surface area contributed by atoms with E-state index in [0.29, 0.717) is 11.3 Å². The van der Waals surface area contributed by atoms with Crippen molar-refractivity contribution in [3.05, 3.63) is 46.7 Å². The molecule has 1 aromatic heterocycles. The molecule has 0 atom stereocenters. The predicted molar refractivity (Wildman–Crippen MR) is 67.3 cm³/mol. The van der Waals surface area contributed by atoms with Gasteiger partial charge in [-0.15, -0.1) is 0 Å². The van der Waals surface area contributed by atoms with Crippen LogP contribution in [0.3, 0.4) is 0 Å². The summed E-state index contributed by atoms with van der Waals surface area (Å²) < 4.78 is 7.48. The van der Waals surface area contributed by atoms with Crippen molar-refractivity contribution in [3.8, 4) is 5.75 Å². The van der Waals surface area contributed by atoms with Gasteiger partial charge in [-0.3, -0.25) is 9.48 Å². The first-order valence-electron chi connectivity index (χ1n) is 5.05. The second-order valence-electron chi connectivity index (χ2n) is 3.48. The summed E-state index contributed by atoms with van der Waals surface area (Å²) in [6.45, 7) is 0.242. The summed E-state index contributed by atoms with van der Waals surface area (Å²) in [6.07, 6.45) is 3.41. The molecular weight excluding hydrogens is 284 g/mol. The Balaban J connectivity index is 2.17. The van der Waals surface area contributed by atoms with E-state index < -0.39 is 0 Å². The molecule has 0 spiro atoms. The standard InChI is InChI=1S/C12H11BrN2O2/c1-17-12-4-3-9(7-10(12)13)11(16)8-15-6-2-5-14-15/h2-7H,8H2,1H3. The summed E-state index contributed by atoms with van der Waals surface area (Å²) in [4.78, 5) is 11.9. The molecule has 0 aliphatic carbocycles. The first-order valence-corrected chi connectivity index (χ1v) is 5.84. The molecular formula is C12H11BrN2O2. The number of aromatic nitrogens is 2. The fourth-order valence-electron chi connectivity index (χ4n) is 1.47. The Hall–Kier alpha value is -1.62. The molecule has 0 saturated heterocycles. The minimum atomic E-state index is 0.0112. The number of carbonyl (C=O) groups excluding carboxylic acids is 1. The van der Waals surface area contributed by atoms with Crippen LogP contribution >= 0.6 is 15.9 Å². The van der Waals surface area contributed by atoms with Gasteiger partial charge in [0.2, 0.25) is 0 Å². The lowest BCUT2D eigenvalue weighted by atomic mass is 10.1. The monoisotopic (exact) mass is 294 g/mol. The Morgan fingerprint density at radius 2 is 2.35 bits per heavy atom. The highest BCUT2D eigenvalue weighted by Crippen LogP contribution is 2.25. The number of ether oxygens (including phenoxy) is 1. The normalized spacial score (nSPS) is 10.2. The van der Waals surface area contributed by atoms with E-state index in [2.05, 4.69) is 21.0 Å². The minimum absolute atomic E-state index is 0.0112. The van der Waals surface area contributed by atoms with Crippen LogP contribution in [0.25, 0.3) is 0 Å². The van der Waals surface area contributed by atoms with E-state index in [4.69, 9.17) is 4.74 Å². The maximum Gasteiger partial charge on any atom is 0.184 e. The SMILES string of the molecule is COc1ccc(C(=O)Cn2cccn2)cc1Br. The Morgan fingerprint density at radius 3 is 2.94 bits per heavy atom. The number of carbonyl (C=O) groups is 1.